The molecule has 116 valence electrons. The number of rotatable bonds is 5. The van der Waals surface area contributed by atoms with E-state index in [0.717, 1.165) is 5.56 Å². The molecule has 3 heteroatoms. The predicted molar refractivity (Wildman–Crippen MR) is 87.1 cm³/mol. The summed E-state index contributed by atoms with van der Waals surface area (Å²) in [7, 11) is 1.73. The lowest BCUT2D eigenvalue weighted by molar-refractivity contribution is -0.128. The van der Waals surface area contributed by atoms with Gasteiger partial charge in [0.2, 0.25) is 5.91 Å². The van der Waals surface area contributed by atoms with Crippen molar-refractivity contribution in [3.8, 4) is 0 Å². The van der Waals surface area contributed by atoms with E-state index in [9.17, 15) is 4.79 Å². The van der Waals surface area contributed by atoms with Crippen LogP contribution in [0.5, 0.6) is 0 Å². The quantitative estimate of drug-likeness (QED) is 0.899. The monoisotopic (exact) mass is 288 g/mol. The molecule has 0 spiro atoms. The van der Waals surface area contributed by atoms with Crippen LogP contribution in [0.4, 0.5) is 0 Å². The Bertz CT molecular complexity index is 438. The van der Waals surface area contributed by atoms with Crippen LogP contribution in [0, 0.1) is 0 Å². The first-order valence-electron chi connectivity index (χ1n) is 8.19. The summed E-state index contributed by atoms with van der Waals surface area (Å²) in [5.41, 5.74) is 1.09. The molecular formula is C18H28N2O. The largest absolute Gasteiger partial charge is 0.358 e. The average Bonchev–Trinajstić information content (AvgIpc) is 2.53. The van der Waals surface area contributed by atoms with Gasteiger partial charge in [0.25, 0.3) is 0 Å². The van der Waals surface area contributed by atoms with Gasteiger partial charge in [-0.25, -0.2) is 0 Å². The van der Waals surface area contributed by atoms with E-state index in [1.54, 1.807) is 7.05 Å². The summed E-state index contributed by atoms with van der Waals surface area (Å²) in [6.45, 7) is 4.40. The number of nitrogens with one attached hydrogen (secondary N) is 1. The van der Waals surface area contributed by atoms with Crippen LogP contribution in [-0.4, -0.2) is 29.9 Å². The van der Waals surface area contributed by atoms with Gasteiger partial charge in [-0.05, 0) is 32.3 Å². The van der Waals surface area contributed by atoms with Gasteiger partial charge in [0.15, 0.2) is 0 Å². The van der Waals surface area contributed by atoms with Gasteiger partial charge in [0.05, 0.1) is 0 Å². The molecule has 1 aromatic carbocycles. The van der Waals surface area contributed by atoms with E-state index in [2.05, 4.69) is 36.2 Å². The van der Waals surface area contributed by atoms with Crippen LogP contribution >= 0.6 is 0 Å². The molecule has 0 heterocycles. The third-order valence-electron chi connectivity index (χ3n) is 4.50. The number of carbonyl (C=O) groups excluding carboxylic acids is 1. The third kappa shape index (κ3) is 3.85. The summed E-state index contributed by atoms with van der Waals surface area (Å²) in [5, 5.41) is 2.86. The standard InChI is InChI=1S/C18H28N2O/c1-14(2)20(16-12-8-5-9-13-16)17(18(21)19-3)15-10-6-4-7-11-15/h4,6-7,10-11,14,16-17H,5,8-9,12-13H2,1-3H3,(H,19,21). The highest BCUT2D eigenvalue weighted by atomic mass is 16.2. The SMILES string of the molecule is CNC(=O)C(c1ccccc1)N(C(C)C)C1CCCCC1. The summed E-state index contributed by atoms with van der Waals surface area (Å²) >= 11 is 0. The number of hydrogen-bond acceptors (Lipinski definition) is 2. The molecule has 1 saturated carbocycles. The molecule has 21 heavy (non-hydrogen) atoms. The van der Waals surface area contributed by atoms with Crippen LogP contribution in [0.15, 0.2) is 30.3 Å². The molecule has 1 unspecified atom stereocenters. The smallest absolute Gasteiger partial charge is 0.241 e. The van der Waals surface area contributed by atoms with E-state index in [1.807, 2.05) is 18.2 Å². The second-order valence-corrected chi connectivity index (χ2v) is 6.26. The lowest BCUT2D eigenvalue weighted by Gasteiger charge is -2.42. The van der Waals surface area contributed by atoms with Crippen molar-refractivity contribution in [2.24, 2.45) is 0 Å². The first-order valence-corrected chi connectivity index (χ1v) is 8.19. The molecule has 1 aliphatic rings. The summed E-state index contributed by atoms with van der Waals surface area (Å²) in [6, 6.07) is 10.9. The lowest BCUT2D eigenvalue weighted by atomic mass is 9.90. The van der Waals surface area contributed by atoms with Crippen molar-refractivity contribution in [3.63, 3.8) is 0 Å². The molecule has 3 nitrogen and oxygen atoms in total. The van der Waals surface area contributed by atoms with Gasteiger partial charge in [-0.1, -0.05) is 49.6 Å². The van der Waals surface area contributed by atoms with E-state index >= 15 is 0 Å². The Kier molecular flexibility index (Phi) is 5.80. The fraction of sp³-hybridized carbons (Fsp3) is 0.611. The van der Waals surface area contributed by atoms with Crippen molar-refractivity contribution in [1.29, 1.82) is 0 Å². The molecule has 0 radical (unpaired) electrons. The van der Waals surface area contributed by atoms with Crippen LogP contribution < -0.4 is 5.32 Å². The minimum Gasteiger partial charge on any atom is -0.358 e. The van der Waals surface area contributed by atoms with E-state index in [1.165, 1.54) is 32.1 Å². The fourth-order valence-electron chi connectivity index (χ4n) is 3.54. The van der Waals surface area contributed by atoms with Crippen LogP contribution in [0.2, 0.25) is 0 Å². The van der Waals surface area contributed by atoms with Crippen molar-refractivity contribution >= 4 is 5.91 Å². The van der Waals surface area contributed by atoms with Gasteiger partial charge in [-0.3, -0.25) is 9.69 Å². The number of amides is 1. The molecule has 1 aromatic rings. The zero-order valence-electron chi connectivity index (χ0n) is 13.5. The number of carbonyl (C=O) groups is 1. The Labute approximate surface area is 128 Å². The first-order chi connectivity index (χ1) is 10.1. The number of likely N-dealkylation sites (N-methyl/N-ethyl adjacent to an activating group) is 1. The molecular weight excluding hydrogens is 260 g/mol. The molecule has 0 saturated heterocycles. The second kappa shape index (κ2) is 7.60. The zero-order chi connectivity index (χ0) is 15.2. The van der Waals surface area contributed by atoms with Gasteiger partial charge in [-0.2, -0.15) is 0 Å². The number of nitrogens with zero attached hydrogens (tertiary/aromatic N) is 1. The summed E-state index contributed by atoms with van der Waals surface area (Å²) in [4.78, 5) is 15.0. The first kappa shape index (κ1) is 16.0. The van der Waals surface area contributed by atoms with E-state index in [4.69, 9.17) is 0 Å². The van der Waals surface area contributed by atoms with Gasteiger partial charge in [-0.15, -0.1) is 0 Å². The Hall–Kier alpha value is -1.35. The topological polar surface area (TPSA) is 32.3 Å². The molecule has 0 aliphatic heterocycles. The summed E-state index contributed by atoms with van der Waals surface area (Å²) in [5.74, 6) is 0.0977. The van der Waals surface area contributed by atoms with Gasteiger partial charge >= 0.3 is 0 Å². The highest BCUT2D eigenvalue weighted by Gasteiger charge is 2.34. The lowest BCUT2D eigenvalue weighted by Crippen LogP contribution is -2.49. The molecule has 1 fully saturated rings. The molecule has 0 aromatic heterocycles. The van der Waals surface area contributed by atoms with Crippen molar-refractivity contribution < 1.29 is 4.79 Å². The fourth-order valence-corrected chi connectivity index (χ4v) is 3.54. The Balaban J connectivity index is 2.33. The highest BCUT2D eigenvalue weighted by Crippen LogP contribution is 2.32. The number of hydrogen-bond donors (Lipinski definition) is 1. The molecule has 0 bridgehead atoms. The van der Waals surface area contributed by atoms with Gasteiger partial charge in [0, 0.05) is 19.1 Å². The summed E-state index contributed by atoms with van der Waals surface area (Å²) in [6.07, 6.45) is 6.31. The van der Waals surface area contributed by atoms with Crippen molar-refractivity contribution in [3.05, 3.63) is 35.9 Å². The van der Waals surface area contributed by atoms with Crippen LogP contribution in [0.3, 0.4) is 0 Å². The van der Waals surface area contributed by atoms with Crippen molar-refractivity contribution in [1.82, 2.24) is 10.2 Å². The average molecular weight is 288 g/mol. The third-order valence-corrected chi connectivity index (χ3v) is 4.50. The van der Waals surface area contributed by atoms with Crippen LogP contribution in [0.1, 0.15) is 57.6 Å². The highest BCUT2D eigenvalue weighted by molar-refractivity contribution is 5.83. The summed E-state index contributed by atoms with van der Waals surface area (Å²) < 4.78 is 0. The molecule has 1 aliphatic carbocycles. The van der Waals surface area contributed by atoms with Crippen LogP contribution in [0.25, 0.3) is 0 Å². The van der Waals surface area contributed by atoms with E-state index in [0.29, 0.717) is 12.1 Å². The molecule has 1 atom stereocenters. The van der Waals surface area contributed by atoms with Gasteiger partial charge in [0.1, 0.15) is 6.04 Å². The van der Waals surface area contributed by atoms with Gasteiger partial charge < -0.3 is 5.32 Å². The second-order valence-electron chi connectivity index (χ2n) is 6.26. The Morgan fingerprint density at radius 2 is 1.76 bits per heavy atom. The molecule has 1 amide bonds. The van der Waals surface area contributed by atoms with Crippen LogP contribution in [-0.2, 0) is 4.79 Å². The molecule has 1 N–H and O–H groups in total. The Morgan fingerprint density at radius 3 is 2.29 bits per heavy atom. The Morgan fingerprint density at radius 1 is 1.14 bits per heavy atom. The normalized spacial score (nSPS) is 18.0. The zero-order valence-corrected chi connectivity index (χ0v) is 13.5. The van der Waals surface area contributed by atoms with Crippen molar-refractivity contribution in [2.75, 3.05) is 7.05 Å². The molecule has 2 rings (SSSR count). The predicted octanol–water partition coefficient (Wildman–Crippen LogP) is 3.52. The number of benzene rings is 1. The van der Waals surface area contributed by atoms with E-state index in [-0.39, 0.29) is 11.9 Å². The van der Waals surface area contributed by atoms with E-state index < -0.39 is 0 Å². The van der Waals surface area contributed by atoms with Crippen molar-refractivity contribution in [2.45, 2.75) is 64.1 Å². The maximum atomic E-state index is 12.5. The minimum absolute atomic E-state index is 0.0977. The minimum atomic E-state index is -0.181. The maximum Gasteiger partial charge on any atom is 0.241 e. The maximum absolute atomic E-state index is 12.5.